The van der Waals surface area contributed by atoms with Crippen LogP contribution in [0.2, 0.25) is 0 Å². The van der Waals surface area contributed by atoms with E-state index in [0.29, 0.717) is 31.5 Å². The predicted octanol–water partition coefficient (Wildman–Crippen LogP) is 5.18. The molecule has 4 unspecified atom stereocenters. The Morgan fingerprint density at radius 1 is 1.16 bits per heavy atom. The van der Waals surface area contributed by atoms with Crippen LogP contribution in [0.25, 0.3) is 0 Å². The number of hydrogen-bond acceptors (Lipinski definition) is 5. The molecule has 4 fully saturated rings. The monoisotopic (exact) mass is 558 g/mol. The van der Waals surface area contributed by atoms with Crippen LogP contribution < -0.4 is 0 Å². The third kappa shape index (κ3) is 3.36. The lowest BCUT2D eigenvalue weighted by Gasteiger charge is -2.63. The van der Waals surface area contributed by atoms with Crippen LogP contribution in [-0.2, 0) is 19.0 Å². The van der Waals surface area contributed by atoms with E-state index in [1.54, 1.807) is 0 Å². The molecule has 5 nitrogen and oxygen atoms in total. The molecule has 0 aromatic heterocycles. The van der Waals surface area contributed by atoms with Crippen LogP contribution in [0.5, 0.6) is 0 Å². The smallest absolute Gasteiger partial charge is 0.302 e. The lowest BCUT2D eigenvalue weighted by Crippen LogP contribution is -2.66. The van der Waals surface area contributed by atoms with Gasteiger partial charge < -0.3 is 19.3 Å². The van der Waals surface area contributed by atoms with Gasteiger partial charge in [-0.25, -0.2) is 0 Å². The molecule has 0 aromatic rings. The zero-order valence-corrected chi connectivity index (χ0v) is 22.2. The second-order valence-electron chi connectivity index (χ2n) is 12.4. The van der Waals surface area contributed by atoms with Gasteiger partial charge in [-0.2, -0.15) is 0 Å². The Labute approximate surface area is 206 Å². The molecule has 180 valence electrons. The van der Waals surface area contributed by atoms with Gasteiger partial charge in [0.2, 0.25) is 0 Å². The van der Waals surface area contributed by atoms with E-state index in [4.69, 9.17) is 14.2 Å². The van der Waals surface area contributed by atoms with Gasteiger partial charge >= 0.3 is 5.97 Å². The van der Waals surface area contributed by atoms with Gasteiger partial charge in [-0.15, -0.1) is 0 Å². The molecule has 5 aliphatic rings. The van der Waals surface area contributed by atoms with Crippen molar-refractivity contribution >= 4 is 28.6 Å². The zero-order chi connectivity index (χ0) is 23.0. The molecule has 3 saturated carbocycles. The first-order valence-electron chi connectivity index (χ1n) is 12.4. The van der Waals surface area contributed by atoms with Gasteiger partial charge in [0.1, 0.15) is 6.10 Å². The second kappa shape index (κ2) is 7.66. The summed E-state index contributed by atoms with van der Waals surface area (Å²) in [7, 11) is 0. The quantitative estimate of drug-likeness (QED) is 0.219. The van der Waals surface area contributed by atoms with Gasteiger partial charge in [0.05, 0.1) is 18.8 Å². The summed E-state index contributed by atoms with van der Waals surface area (Å²) < 4.78 is 19.4. The minimum absolute atomic E-state index is 0.0127. The molecule has 1 aliphatic heterocycles. The molecule has 0 radical (unpaired) electrons. The number of carbonyl (C=O) groups excluding carboxylic acids is 1. The minimum Gasteiger partial charge on any atom is -0.462 e. The third-order valence-electron chi connectivity index (χ3n) is 9.76. The molecule has 1 spiro atoms. The summed E-state index contributed by atoms with van der Waals surface area (Å²) >= 11 is 2.51. The molecule has 0 aromatic carbocycles. The van der Waals surface area contributed by atoms with Crippen molar-refractivity contribution in [2.24, 2.45) is 28.1 Å². The molecule has 5 rings (SSSR count). The molecular weight excluding hydrogens is 519 g/mol. The van der Waals surface area contributed by atoms with Crippen molar-refractivity contribution in [2.45, 2.75) is 96.6 Å². The van der Waals surface area contributed by atoms with E-state index in [-0.39, 0.29) is 28.3 Å². The molecule has 4 aliphatic carbocycles. The van der Waals surface area contributed by atoms with E-state index in [2.05, 4.69) is 49.4 Å². The first-order valence-corrected chi connectivity index (χ1v) is 13.9. The maximum atomic E-state index is 12.2. The van der Waals surface area contributed by atoms with Crippen molar-refractivity contribution in [3.63, 3.8) is 0 Å². The Morgan fingerprint density at radius 3 is 2.53 bits per heavy atom. The highest BCUT2D eigenvalue weighted by Gasteiger charge is 2.66. The lowest BCUT2D eigenvalue weighted by atomic mass is 9.47. The van der Waals surface area contributed by atoms with Crippen LogP contribution in [0, 0.1) is 28.1 Å². The Morgan fingerprint density at radius 2 is 1.88 bits per heavy atom. The normalized spacial score (nSPS) is 46.6. The molecule has 6 atom stereocenters. The molecule has 32 heavy (non-hydrogen) atoms. The number of allylic oxidation sites excluding steroid dienone is 1. The van der Waals surface area contributed by atoms with Crippen LogP contribution in [-0.4, -0.2) is 46.2 Å². The highest BCUT2D eigenvalue weighted by Crippen LogP contribution is 2.67. The summed E-state index contributed by atoms with van der Waals surface area (Å²) in [5.74, 6) is 0.200. The topological polar surface area (TPSA) is 65.0 Å². The van der Waals surface area contributed by atoms with Crippen LogP contribution >= 0.6 is 22.6 Å². The van der Waals surface area contributed by atoms with Gasteiger partial charge in [-0.3, -0.25) is 4.79 Å². The summed E-state index contributed by atoms with van der Waals surface area (Å²) in [6.45, 7) is 9.57. The average molecular weight is 558 g/mol. The van der Waals surface area contributed by atoms with Gasteiger partial charge in [0.25, 0.3) is 0 Å². The fourth-order valence-electron chi connectivity index (χ4n) is 7.90. The van der Waals surface area contributed by atoms with Gasteiger partial charge in [-0.05, 0) is 50.4 Å². The molecule has 0 amide bonds. The van der Waals surface area contributed by atoms with Crippen molar-refractivity contribution in [1.29, 1.82) is 0 Å². The molecule has 0 bridgehead atoms. The van der Waals surface area contributed by atoms with E-state index in [9.17, 15) is 9.90 Å². The number of hydrogen-bond donors (Lipinski definition) is 1. The number of halogens is 1. The predicted molar refractivity (Wildman–Crippen MR) is 130 cm³/mol. The van der Waals surface area contributed by atoms with E-state index in [1.165, 1.54) is 12.5 Å². The summed E-state index contributed by atoms with van der Waals surface area (Å²) in [6, 6.07) is 0. The number of esters is 1. The Kier molecular flexibility index (Phi) is 5.64. The lowest BCUT2D eigenvalue weighted by molar-refractivity contribution is -0.342. The van der Waals surface area contributed by atoms with E-state index in [1.807, 2.05) is 0 Å². The summed E-state index contributed by atoms with van der Waals surface area (Å²) in [4.78, 5) is 11.7. The Balaban J connectivity index is 1.44. The number of alkyl halides is 1. The Bertz CT molecular complexity index is 813. The molecule has 6 heteroatoms. The molecule has 1 saturated heterocycles. The van der Waals surface area contributed by atoms with Crippen molar-refractivity contribution in [3.8, 4) is 0 Å². The molecule has 1 heterocycles. The number of ether oxygens (including phenoxy) is 3. The molecule has 1 N–H and O–H groups in total. The van der Waals surface area contributed by atoms with E-state index < -0.39 is 11.4 Å². The number of aliphatic hydroxyl groups is 1. The number of carbonyl (C=O) groups is 1. The summed E-state index contributed by atoms with van der Waals surface area (Å²) in [5.41, 5.74) is 0.525. The highest BCUT2D eigenvalue weighted by molar-refractivity contribution is 14.1. The van der Waals surface area contributed by atoms with Crippen LogP contribution in [0.3, 0.4) is 0 Å². The number of rotatable bonds is 2. The van der Waals surface area contributed by atoms with Crippen molar-refractivity contribution in [1.82, 2.24) is 0 Å². The first-order chi connectivity index (χ1) is 15.0. The second-order valence-corrected chi connectivity index (χ2v) is 13.1. The largest absolute Gasteiger partial charge is 0.462 e. The van der Waals surface area contributed by atoms with Crippen molar-refractivity contribution < 1.29 is 24.1 Å². The third-order valence-corrected chi connectivity index (χ3v) is 11.1. The zero-order valence-electron chi connectivity index (χ0n) is 20.0. The molecular formula is C26H39IO5. The SMILES string of the molecule is CC(=O)OC1CCC2C3CC[C@@]4(O)CC5(CC[C@]4(CI)C3=CCC12C)OCC(C)(C)CO5. The van der Waals surface area contributed by atoms with Gasteiger partial charge in [0, 0.05) is 40.4 Å². The summed E-state index contributed by atoms with van der Waals surface area (Å²) in [5, 5.41) is 12.2. The fraction of sp³-hybridized carbons (Fsp3) is 0.885. The van der Waals surface area contributed by atoms with E-state index >= 15 is 0 Å². The van der Waals surface area contributed by atoms with E-state index in [0.717, 1.165) is 49.4 Å². The summed E-state index contributed by atoms with van der Waals surface area (Å²) in [6.07, 6.45) is 9.57. The Hall–Kier alpha value is -0.180. The van der Waals surface area contributed by atoms with Gasteiger partial charge in [0.15, 0.2) is 5.79 Å². The minimum atomic E-state index is -0.794. The maximum Gasteiger partial charge on any atom is 0.302 e. The van der Waals surface area contributed by atoms with Crippen LogP contribution in [0.1, 0.15) is 79.1 Å². The first kappa shape index (κ1) is 23.6. The van der Waals surface area contributed by atoms with Crippen LogP contribution in [0.4, 0.5) is 0 Å². The van der Waals surface area contributed by atoms with Gasteiger partial charge in [-0.1, -0.05) is 55.0 Å². The standard InChI is InChI=1S/C26H39IO5/c1-17(28)32-21-6-5-19-18-7-10-25(29)13-26(30-15-22(2,3)16-31-26)12-11-24(25,14-27)20(18)8-9-23(19,21)4/h8,18-19,21,29H,5-7,9-16H2,1-4H3/t18?,19?,21?,23?,24-,25+/m0/s1. The van der Waals surface area contributed by atoms with Crippen molar-refractivity contribution in [3.05, 3.63) is 11.6 Å². The highest BCUT2D eigenvalue weighted by atomic mass is 127. The average Bonchev–Trinajstić information content (AvgIpc) is 3.06. The van der Waals surface area contributed by atoms with Crippen LogP contribution in [0.15, 0.2) is 11.6 Å². The van der Waals surface area contributed by atoms with Crippen molar-refractivity contribution in [2.75, 3.05) is 17.6 Å². The maximum absolute atomic E-state index is 12.2. The number of fused-ring (bicyclic) bond motifs is 5. The fourth-order valence-corrected chi connectivity index (χ4v) is 9.43.